The predicted molar refractivity (Wildman–Crippen MR) is 87.7 cm³/mol. The molecule has 0 saturated heterocycles. The van der Waals surface area contributed by atoms with Gasteiger partial charge in [-0.1, -0.05) is 19.1 Å². The number of rotatable bonds is 6. The van der Waals surface area contributed by atoms with E-state index in [2.05, 4.69) is 27.5 Å². The molecular weight excluding hydrogens is 290 g/mol. The summed E-state index contributed by atoms with van der Waals surface area (Å²) in [5, 5.41) is 14.0. The van der Waals surface area contributed by atoms with Crippen LogP contribution in [0.4, 0.5) is 0 Å². The largest absolute Gasteiger partial charge is 0.348 e. The number of aromatic amines is 1. The quantitative estimate of drug-likeness (QED) is 0.735. The first kappa shape index (κ1) is 15.0. The van der Waals surface area contributed by atoms with Gasteiger partial charge in [0.2, 0.25) is 0 Å². The van der Waals surface area contributed by atoms with Crippen LogP contribution in [0, 0.1) is 0 Å². The number of hydrogen-bond donors (Lipinski definition) is 2. The van der Waals surface area contributed by atoms with Crippen molar-refractivity contribution in [2.75, 3.05) is 0 Å². The van der Waals surface area contributed by atoms with Crippen LogP contribution in [-0.2, 0) is 13.1 Å². The molecule has 0 aliphatic carbocycles. The van der Waals surface area contributed by atoms with E-state index in [1.54, 1.807) is 12.4 Å². The molecule has 6 nitrogen and oxygen atoms in total. The molecule has 118 valence electrons. The Labute approximate surface area is 134 Å². The summed E-state index contributed by atoms with van der Waals surface area (Å²) < 4.78 is 1.89. The number of carbonyl (C=O) groups excluding carboxylic acids is 1. The summed E-state index contributed by atoms with van der Waals surface area (Å²) in [7, 11) is 0. The number of hydrogen-bond acceptors (Lipinski definition) is 3. The number of aryl methyl sites for hydroxylation is 1. The Bertz CT molecular complexity index is 759. The van der Waals surface area contributed by atoms with E-state index in [-0.39, 0.29) is 5.91 Å². The summed E-state index contributed by atoms with van der Waals surface area (Å²) in [6, 6.07) is 9.32. The minimum absolute atomic E-state index is 0.0931. The first-order valence-corrected chi connectivity index (χ1v) is 7.65. The zero-order valence-electron chi connectivity index (χ0n) is 13.0. The summed E-state index contributed by atoms with van der Waals surface area (Å²) in [6.45, 7) is 3.48. The van der Waals surface area contributed by atoms with Gasteiger partial charge in [0.05, 0.1) is 11.9 Å². The van der Waals surface area contributed by atoms with Crippen LogP contribution in [0.5, 0.6) is 0 Å². The van der Waals surface area contributed by atoms with Gasteiger partial charge in [-0.05, 0) is 30.2 Å². The number of amides is 1. The molecule has 0 atom stereocenters. The lowest BCUT2D eigenvalue weighted by molar-refractivity contribution is 0.0951. The molecule has 0 aliphatic rings. The van der Waals surface area contributed by atoms with Crippen LogP contribution < -0.4 is 5.32 Å². The van der Waals surface area contributed by atoms with E-state index in [0.717, 1.165) is 29.8 Å². The molecule has 0 fully saturated rings. The molecule has 6 heteroatoms. The molecule has 1 aromatic carbocycles. The Morgan fingerprint density at radius 2 is 2.09 bits per heavy atom. The maximum atomic E-state index is 12.2. The molecular formula is C17H19N5O. The second-order valence-corrected chi connectivity index (χ2v) is 5.34. The van der Waals surface area contributed by atoms with E-state index in [0.29, 0.717) is 12.1 Å². The normalized spacial score (nSPS) is 10.7. The molecule has 2 heterocycles. The zero-order valence-corrected chi connectivity index (χ0v) is 13.0. The molecule has 3 rings (SSSR count). The summed E-state index contributed by atoms with van der Waals surface area (Å²) >= 11 is 0. The smallest absolute Gasteiger partial charge is 0.251 e. The van der Waals surface area contributed by atoms with E-state index >= 15 is 0 Å². The SMILES string of the molecule is CCCn1cc(CNC(=O)c2ccc(-c3ccn[nH]3)cc2)cn1. The number of benzene rings is 1. The number of nitrogens with zero attached hydrogens (tertiary/aromatic N) is 3. The van der Waals surface area contributed by atoms with Crippen molar-refractivity contribution in [2.45, 2.75) is 26.4 Å². The van der Waals surface area contributed by atoms with Gasteiger partial charge in [-0.15, -0.1) is 0 Å². The molecule has 0 radical (unpaired) electrons. The third-order valence-electron chi connectivity index (χ3n) is 3.55. The molecule has 2 N–H and O–H groups in total. The van der Waals surface area contributed by atoms with Crippen LogP contribution in [0.15, 0.2) is 48.9 Å². The number of carbonyl (C=O) groups is 1. The Balaban J connectivity index is 1.59. The van der Waals surface area contributed by atoms with E-state index in [1.807, 2.05) is 41.2 Å². The molecule has 0 aliphatic heterocycles. The van der Waals surface area contributed by atoms with E-state index < -0.39 is 0 Å². The van der Waals surface area contributed by atoms with Gasteiger partial charge in [0, 0.05) is 36.6 Å². The Morgan fingerprint density at radius 3 is 2.78 bits per heavy atom. The second kappa shape index (κ2) is 6.91. The maximum Gasteiger partial charge on any atom is 0.251 e. The fourth-order valence-corrected chi connectivity index (χ4v) is 2.35. The first-order chi connectivity index (χ1) is 11.3. The highest BCUT2D eigenvalue weighted by atomic mass is 16.1. The molecule has 1 amide bonds. The fraction of sp³-hybridized carbons (Fsp3) is 0.235. The third kappa shape index (κ3) is 3.66. The van der Waals surface area contributed by atoms with Crippen LogP contribution in [0.1, 0.15) is 29.3 Å². The van der Waals surface area contributed by atoms with Gasteiger partial charge in [0.1, 0.15) is 0 Å². The third-order valence-corrected chi connectivity index (χ3v) is 3.55. The zero-order chi connectivity index (χ0) is 16.1. The van der Waals surface area contributed by atoms with Gasteiger partial charge in [-0.2, -0.15) is 10.2 Å². The summed E-state index contributed by atoms with van der Waals surface area (Å²) in [6.07, 6.45) is 6.49. The van der Waals surface area contributed by atoms with Gasteiger partial charge < -0.3 is 5.32 Å². The van der Waals surface area contributed by atoms with Crippen molar-refractivity contribution in [3.63, 3.8) is 0 Å². The molecule has 0 unspecified atom stereocenters. The van der Waals surface area contributed by atoms with Crippen molar-refractivity contribution in [1.82, 2.24) is 25.3 Å². The second-order valence-electron chi connectivity index (χ2n) is 5.34. The molecule has 0 bridgehead atoms. The van der Waals surface area contributed by atoms with Crippen LogP contribution >= 0.6 is 0 Å². The van der Waals surface area contributed by atoms with E-state index in [1.165, 1.54) is 0 Å². The minimum Gasteiger partial charge on any atom is -0.348 e. The topological polar surface area (TPSA) is 75.6 Å². The fourth-order valence-electron chi connectivity index (χ4n) is 2.35. The summed E-state index contributed by atoms with van der Waals surface area (Å²) in [5.74, 6) is -0.0931. The predicted octanol–water partition coefficient (Wildman–Crippen LogP) is 2.61. The Kier molecular flexibility index (Phi) is 4.52. The van der Waals surface area contributed by atoms with Crippen LogP contribution in [0.25, 0.3) is 11.3 Å². The lowest BCUT2D eigenvalue weighted by Gasteiger charge is -2.05. The minimum atomic E-state index is -0.0931. The Hall–Kier alpha value is -2.89. The van der Waals surface area contributed by atoms with Gasteiger partial charge in [-0.3, -0.25) is 14.6 Å². The standard InChI is InChI=1S/C17H19N5O/c1-2-9-22-12-13(11-20-22)10-18-17(23)15-5-3-14(4-6-15)16-7-8-19-21-16/h3-8,11-12H,2,9-10H2,1H3,(H,18,23)(H,19,21). The van der Waals surface area contributed by atoms with Crippen molar-refractivity contribution in [2.24, 2.45) is 0 Å². The van der Waals surface area contributed by atoms with E-state index in [9.17, 15) is 4.79 Å². The molecule has 3 aromatic rings. The van der Waals surface area contributed by atoms with Crippen molar-refractivity contribution >= 4 is 5.91 Å². The van der Waals surface area contributed by atoms with Crippen LogP contribution in [0.3, 0.4) is 0 Å². The first-order valence-electron chi connectivity index (χ1n) is 7.65. The molecule has 0 spiro atoms. The van der Waals surface area contributed by atoms with Crippen molar-refractivity contribution in [3.8, 4) is 11.3 Å². The van der Waals surface area contributed by atoms with Crippen molar-refractivity contribution in [1.29, 1.82) is 0 Å². The summed E-state index contributed by atoms with van der Waals surface area (Å²) in [4.78, 5) is 12.2. The number of aromatic nitrogens is 4. The molecule has 0 saturated carbocycles. The highest BCUT2D eigenvalue weighted by Gasteiger charge is 2.07. The van der Waals surface area contributed by atoms with Crippen molar-refractivity contribution in [3.05, 3.63) is 60.0 Å². The van der Waals surface area contributed by atoms with Gasteiger partial charge in [-0.25, -0.2) is 0 Å². The van der Waals surface area contributed by atoms with Crippen LogP contribution in [0.2, 0.25) is 0 Å². The highest BCUT2D eigenvalue weighted by molar-refractivity contribution is 5.94. The average molecular weight is 309 g/mol. The molecule has 2 aromatic heterocycles. The summed E-state index contributed by atoms with van der Waals surface area (Å²) in [5.41, 5.74) is 3.57. The van der Waals surface area contributed by atoms with Gasteiger partial charge in [0.25, 0.3) is 5.91 Å². The van der Waals surface area contributed by atoms with E-state index in [4.69, 9.17) is 0 Å². The maximum absolute atomic E-state index is 12.2. The lowest BCUT2D eigenvalue weighted by Crippen LogP contribution is -2.22. The van der Waals surface area contributed by atoms with Gasteiger partial charge in [0.15, 0.2) is 0 Å². The monoisotopic (exact) mass is 309 g/mol. The lowest BCUT2D eigenvalue weighted by atomic mass is 10.1. The van der Waals surface area contributed by atoms with Crippen molar-refractivity contribution < 1.29 is 4.79 Å². The number of nitrogens with one attached hydrogen (secondary N) is 2. The molecule has 23 heavy (non-hydrogen) atoms. The van der Waals surface area contributed by atoms with Gasteiger partial charge >= 0.3 is 0 Å². The van der Waals surface area contributed by atoms with Crippen LogP contribution in [-0.4, -0.2) is 25.9 Å². The average Bonchev–Trinajstić information content (AvgIpc) is 3.25. The Morgan fingerprint density at radius 1 is 1.26 bits per heavy atom. The highest BCUT2D eigenvalue weighted by Crippen LogP contribution is 2.16. The number of H-pyrrole nitrogens is 1.